The van der Waals surface area contributed by atoms with Crippen LogP contribution in [0.1, 0.15) is 11.1 Å². The van der Waals surface area contributed by atoms with Gasteiger partial charge in [-0.25, -0.2) is 0 Å². The van der Waals surface area contributed by atoms with Crippen LogP contribution in [-0.4, -0.2) is 30.1 Å². The third-order valence-corrected chi connectivity index (χ3v) is 5.70. The zero-order chi connectivity index (χ0) is 19.7. The van der Waals surface area contributed by atoms with Gasteiger partial charge in [0.15, 0.2) is 0 Å². The first-order valence-electron chi connectivity index (χ1n) is 9.02. The maximum Gasteiger partial charge on any atom is 0.293 e. The Bertz CT molecular complexity index is 1080. The summed E-state index contributed by atoms with van der Waals surface area (Å²) in [6, 6.07) is 21.8. The van der Waals surface area contributed by atoms with E-state index in [1.54, 1.807) is 6.08 Å². The van der Waals surface area contributed by atoms with Crippen LogP contribution < -0.4 is 4.90 Å². The summed E-state index contributed by atoms with van der Waals surface area (Å²) in [6.45, 7) is 0.281. The average molecular weight is 388 g/mol. The Morgan fingerprint density at radius 2 is 1.64 bits per heavy atom. The zero-order valence-corrected chi connectivity index (χ0v) is 16.6. The second-order valence-corrected chi connectivity index (χ2v) is 7.89. The summed E-state index contributed by atoms with van der Waals surface area (Å²) in [7, 11) is 3.96. The summed E-state index contributed by atoms with van der Waals surface area (Å²) < 4.78 is 0. The SMILES string of the molecule is CN(C)c1ccc(C=C2SC(=O)N(Cc3cccc4ccccc34)C2=O)cc1. The number of hydrogen-bond donors (Lipinski definition) is 0. The molecule has 1 heterocycles. The van der Waals surface area contributed by atoms with E-state index < -0.39 is 0 Å². The van der Waals surface area contributed by atoms with Crippen molar-refractivity contribution in [2.75, 3.05) is 19.0 Å². The molecule has 3 aromatic rings. The molecular weight excluding hydrogens is 368 g/mol. The van der Waals surface area contributed by atoms with Gasteiger partial charge in [0.1, 0.15) is 0 Å². The molecule has 0 unspecified atom stereocenters. The first kappa shape index (κ1) is 18.3. The predicted octanol–water partition coefficient (Wildman–Crippen LogP) is 5.14. The number of anilines is 1. The van der Waals surface area contributed by atoms with Crippen molar-refractivity contribution < 1.29 is 9.59 Å². The number of imide groups is 1. The van der Waals surface area contributed by atoms with Crippen LogP contribution in [0.5, 0.6) is 0 Å². The van der Waals surface area contributed by atoms with Crippen molar-refractivity contribution in [3.63, 3.8) is 0 Å². The maximum atomic E-state index is 12.8. The van der Waals surface area contributed by atoms with Gasteiger partial charge in [-0.3, -0.25) is 14.5 Å². The molecule has 140 valence electrons. The van der Waals surface area contributed by atoms with Crippen molar-refractivity contribution >= 4 is 45.4 Å². The minimum absolute atomic E-state index is 0.228. The lowest BCUT2D eigenvalue weighted by molar-refractivity contribution is -0.123. The molecule has 0 radical (unpaired) electrons. The van der Waals surface area contributed by atoms with Gasteiger partial charge in [0.05, 0.1) is 11.4 Å². The molecule has 2 amide bonds. The Hall–Kier alpha value is -3.05. The van der Waals surface area contributed by atoms with Gasteiger partial charge in [0.2, 0.25) is 0 Å². The highest BCUT2D eigenvalue weighted by atomic mass is 32.2. The van der Waals surface area contributed by atoms with E-state index in [1.165, 1.54) is 4.90 Å². The van der Waals surface area contributed by atoms with Gasteiger partial charge in [-0.2, -0.15) is 0 Å². The molecule has 28 heavy (non-hydrogen) atoms. The van der Waals surface area contributed by atoms with Gasteiger partial charge in [-0.05, 0) is 51.9 Å². The van der Waals surface area contributed by atoms with E-state index in [1.807, 2.05) is 85.7 Å². The Labute approximate surface area is 168 Å². The molecular formula is C23H20N2O2S. The number of rotatable bonds is 4. The number of fused-ring (bicyclic) bond motifs is 1. The van der Waals surface area contributed by atoms with Crippen molar-refractivity contribution in [1.29, 1.82) is 0 Å². The van der Waals surface area contributed by atoms with Gasteiger partial charge >= 0.3 is 0 Å². The smallest absolute Gasteiger partial charge is 0.293 e. The Morgan fingerprint density at radius 1 is 0.929 bits per heavy atom. The van der Waals surface area contributed by atoms with E-state index >= 15 is 0 Å². The molecule has 0 bridgehead atoms. The van der Waals surface area contributed by atoms with Gasteiger partial charge in [-0.1, -0.05) is 54.6 Å². The fourth-order valence-corrected chi connectivity index (χ4v) is 4.10. The van der Waals surface area contributed by atoms with E-state index in [4.69, 9.17) is 0 Å². The number of benzene rings is 3. The number of thioether (sulfide) groups is 1. The molecule has 0 N–H and O–H groups in total. The second kappa shape index (κ2) is 7.52. The molecule has 1 aliphatic heterocycles. The average Bonchev–Trinajstić information content (AvgIpc) is 2.96. The molecule has 0 saturated carbocycles. The van der Waals surface area contributed by atoms with E-state index in [9.17, 15) is 9.59 Å². The first-order chi connectivity index (χ1) is 13.5. The molecule has 1 saturated heterocycles. The molecule has 0 spiro atoms. The Kier molecular flexibility index (Phi) is 4.92. The highest BCUT2D eigenvalue weighted by Crippen LogP contribution is 2.34. The number of carbonyl (C=O) groups excluding carboxylic acids is 2. The van der Waals surface area contributed by atoms with Crippen molar-refractivity contribution in [3.05, 3.63) is 82.8 Å². The molecule has 5 heteroatoms. The first-order valence-corrected chi connectivity index (χ1v) is 9.84. The van der Waals surface area contributed by atoms with E-state index in [0.29, 0.717) is 4.91 Å². The van der Waals surface area contributed by atoms with Crippen LogP contribution in [0, 0.1) is 0 Å². The minimum atomic E-state index is -0.236. The summed E-state index contributed by atoms with van der Waals surface area (Å²) in [5, 5.41) is 1.94. The van der Waals surface area contributed by atoms with Gasteiger partial charge < -0.3 is 4.90 Å². The fraction of sp³-hybridized carbons (Fsp3) is 0.130. The molecule has 4 rings (SSSR count). The van der Waals surface area contributed by atoms with Gasteiger partial charge in [0, 0.05) is 19.8 Å². The highest BCUT2D eigenvalue weighted by Gasteiger charge is 2.35. The lowest BCUT2D eigenvalue weighted by Crippen LogP contribution is -2.27. The van der Waals surface area contributed by atoms with E-state index in [2.05, 4.69) is 0 Å². The third kappa shape index (κ3) is 3.53. The van der Waals surface area contributed by atoms with E-state index in [0.717, 1.165) is 39.3 Å². The van der Waals surface area contributed by atoms with Crippen molar-refractivity contribution in [3.8, 4) is 0 Å². The summed E-state index contributed by atoms with van der Waals surface area (Å²) in [5.41, 5.74) is 2.96. The topological polar surface area (TPSA) is 40.6 Å². The van der Waals surface area contributed by atoms with Crippen LogP contribution in [0.2, 0.25) is 0 Å². The summed E-state index contributed by atoms with van der Waals surface area (Å²) >= 11 is 1.000. The maximum absolute atomic E-state index is 12.8. The zero-order valence-electron chi connectivity index (χ0n) is 15.8. The summed E-state index contributed by atoms with van der Waals surface area (Å²) in [5.74, 6) is -0.236. The van der Waals surface area contributed by atoms with Crippen LogP contribution in [-0.2, 0) is 11.3 Å². The van der Waals surface area contributed by atoms with Crippen LogP contribution in [0.15, 0.2) is 71.6 Å². The fourth-order valence-electron chi connectivity index (χ4n) is 3.26. The summed E-state index contributed by atoms with van der Waals surface area (Å²) in [4.78, 5) is 29.1. The minimum Gasteiger partial charge on any atom is -0.378 e. The number of nitrogens with zero attached hydrogens (tertiary/aromatic N) is 2. The van der Waals surface area contributed by atoms with Crippen molar-refractivity contribution in [2.24, 2.45) is 0 Å². The van der Waals surface area contributed by atoms with Crippen LogP contribution in [0.25, 0.3) is 16.8 Å². The molecule has 0 aliphatic carbocycles. The van der Waals surface area contributed by atoms with E-state index in [-0.39, 0.29) is 17.7 Å². The molecule has 1 aliphatic rings. The number of carbonyl (C=O) groups is 2. The van der Waals surface area contributed by atoms with Crippen LogP contribution in [0.4, 0.5) is 10.5 Å². The monoisotopic (exact) mass is 388 g/mol. The largest absolute Gasteiger partial charge is 0.378 e. The lowest BCUT2D eigenvalue weighted by atomic mass is 10.0. The number of hydrogen-bond acceptors (Lipinski definition) is 4. The highest BCUT2D eigenvalue weighted by molar-refractivity contribution is 8.18. The molecule has 0 aromatic heterocycles. The standard InChI is InChI=1S/C23H20N2O2S/c1-24(2)19-12-10-16(11-13-19)14-21-22(26)25(23(27)28-21)15-18-8-5-7-17-6-3-4-9-20(17)18/h3-14H,15H2,1-2H3. The lowest BCUT2D eigenvalue weighted by Gasteiger charge is -2.14. The number of amides is 2. The normalized spacial score (nSPS) is 15.6. The third-order valence-electron chi connectivity index (χ3n) is 4.79. The van der Waals surface area contributed by atoms with Crippen LogP contribution in [0.3, 0.4) is 0 Å². The van der Waals surface area contributed by atoms with Crippen molar-refractivity contribution in [2.45, 2.75) is 6.54 Å². The quantitative estimate of drug-likeness (QED) is 0.580. The molecule has 4 nitrogen and oxygen atoms in total. The van der Waals surface area contributed by atoms with Crippen molar-refractivity contribution in [1.82, 2.24) is 4.90 Å². The predicted molar refractivity (Wildman–Crippen MR) is 116 cm³/mol. The summed E-state index contributed by atoms with van der Waals surface area (Å²) in [6.07, 6.45) is 1.79. The van der Waals surface area contributed by atoms with Gasteiger partial charge in [-0.15, -0.1) is 0 Å². The molecule has 1 fully saturated rings. The molecule has 0 atom stereocenters. The van der Waals surface area contributed by atoms with Crippen LogP contribution >= 0.6 is 11.8 Å². The molecule has 3 aromatic carbocycles. The Balaban J connectivity index is 1.58. The second-order valence-electron chi connectivity index (χ2n) is 6.89. The van der Waals surface area contributed by atoms with Gasteiger partial charge in [0.25, 0.3) is 11.1 Å². The Morgan fingerprint density at radius 3 is 2.39 bits per heavy atom.